The third kappa shape index (κ3) is 9.64. The molecule has 0 heterocycles. The minimum atomic E-state index is -4.07. The van der Waals surface area contributed by atoms with Crippen molar-refractivity contribution in [1.29, 1.82) is 0 Å². The van der Waals surface area contributed by atoms with E-state index < -0.39 is 15.2 Å². The molecular formula is C28H50O7P2. The molecular weight excluding hydrogens is 510 g/mol. The molecule has 0 saturated heterocycles. The van der Waals surface area contributed by atoms with Gasteiger partial charge in [-0.05, 0) is 61.3 Å². The van der Waals surface area contributed by atoms with E-state index in [1.54, 1.807) is 19.9 Å². The normalized spacial score (nSPS) is 13.8. The topological polar surface area (TPSA) is 91.3 Å². The van der Waals surface area contributed by atoms with Gasteiger partial charge in [0.2, 0.25) is 0 Å². The summed E-state index contributed by atoms with van der Waals surface area (Å²) in [7, 11) is -8.12. The molecule has 7 nitrogen and oxygen atoms in total. The van der Waals surface area contributed by atoms with Crippen LogP contribution >= 0.6 is 15.2 Å². The molecule has 0 atom stereocenters. The van der Waals surface area contributed by atoms with Gasteiger partial charge in [-0.2, -0.15) is 0 Å². The molecule has 1 rings (SSSR count). The average molecular weight is 561 g/mol. The van der Waals surface area contributed by atoms with Gasteiger partial charge < -0.3 is 23.2 Å². The van der Waals surface area contributed by atoms with Crippen molar-refractivity contribution < 1.29 is 32.3 Å². The molecule has 0 aliphatic carbocycles. The van der Waals surface area contributed by atoms with Crippen LogP contribution in [0.15, 0.2) is 17.2 Å². The van der Waals surface area contributed by atoms with Crippen LogP contribution in [0, 0.1) is 0 Å². The summed E-state index contributed by atoms with van der Waals surface area (Å²) in [5.41, 5.74) is 1.30. The lowest BCUT2D eigenvalue weighted by molar-refractivity contribution is 0.201. The van der Waals surface area contributed by atoms with Gasteiger partial charge in [-0.1, -0.05) is 68.2 Å². The predicted molar refractivity (Wildman–Crippen MR) is 154 cm³/mol. The zero-order chi connectivity index (χ0) is 28.5. The van der Waals surface area contributed by atoms with Gasteiger partial charge in [0, 0.05) is 11.1 Å². The highest BCUT2D eigenvalue weighted by molar-refractivity contribution is 7.79. The summed E-state index contributed by atoms with van der Waals surface area (Å²) < 4.78 is 51.7. The number of rotatable bonds is 15. The first-order chi connectivity index (χ1) is 17.1. The van der Waals surface area contributed by atoms with Gasteiger partial charge in [-0.15, -0.1) is 0 Å². The van der Waals surface area contributed by atoms with E-state index in [0.29, 0.717) is 18.4 Å². The van der Waals surface area contributed by atoms with Gasteiger partial charge in [0.25, 0.3) is 0 Å². The Bertz CT molecular complexity index is 928. The lowest BCUT2D eigenvalue weighted by Crippen LogP contribution is -2.17. The number of unbranched alkanes of at least 4 members (excludes halogenated alkanes) is 2. The van der Waals surface area contributed by atoms with Crippen molar-refractivity contribution in [3.05, 3.63) is 33.9 Å². The second kappa shape index (κ2) is 14.4. The Hall–Kier alpha value is -0.940. The zero-order valence-electron chi connectivity index (χ0n) is 24.7. The Labute approximate surface area is 225 Å². The van der Waals surface area contributed by atoms with E-state index in [2.05, 4.69) is 0 Å². The highest BCUT2D eigenvalue weighted by Gasteiger charge is 2.45. The highest BCUT2D eigenvalue weighted by atomic mass is 31.2. The standard InChI is InChI=1S/C28H50O7P2/c1-11-15-17-34-37(31,35-18-16-12-2)25(36(30,32-13-3)33-14-4)21-22-19-23(27(5,6)7)26(29)24(20-22)28(8,9)10/h19-21,29H,11-18H2,1-10H3/b25-21+. The number of phenolic OH excluding ortho intramolecular Hbond substituents is 1. The largest absolute Gasteiger partial charge is 0.507 e. The van der Waals surface area contributed by atoms with Crippen LogP contribution in [-0.4, -0.2) is 31.5 Å². The van der Waals surface area contributed by atoms with E-state index in [1.165, 1.54) is 0 Å². The molecule has 0 aromatic heterocycles. The van der Waals surface area contributed by atoms with Crippen molar-refractivity contribution in [2.75, 3.05) is 26.4 Å². The SMILES string of the molecule is CCCCOP(=O)(OCCCC)/C(=C/c1cc(C(C)(C)C)c(O)c(C(C)(C)C)c1)P(=O)(OCC)OCC. The second-order valence-corrected chi connectivity index (χ2v) is 15.5. The molecule has 1 N–H and O–H groups in total. The lowest BCUT2D eigenvalue weighted by atomic mass is 9.78. The highest BCUT2D eigenvalue weighted by Crippen LogP contribution is 2.74. The van der Waals surface area contributed by atoms with Gasteiger partial charge in [-0.25, -0.2) is 0 Å². The monoisotopic (exact) mass is 560 g/mol. The summed E-state index contributed by atoms with van der Waals surface area (Å²) in [4.78, 5) is 0. The van der Waals surface area contributed by atoms with Gasteiger partial charge >= 0.3 is 15.2 Å². The molecule has 37 heavy (non-hydrogen) atoms. The van der Waals surface area contributed by atoms with Crippen LogP contribution in [0.4, 0.5) is 0 Å². The number of hydrogen-bond acceptors (Lipinski definition) is 7. The van der Waals surface area contributed by atoms with Crippen LogP contribution in [0.3, 0.4) is 0 Å². The van der Waals surface area contributed by atoms with Crippen molar-refractivity contribution >= 4 is 21.3 Å². The molecule has 0 saturated carbocycles. The van der Waals surface area contributed by atoms with Crippen molar-refractivity contribution in [2.24, 2.45) is 0 Å². The van der Waals surface area contributed by atoms with Crippen molar-refractivity contribution in [2.45, 2.75) is 106 Å². The Morgan fingerprint density at radius 2 is 1.14 bits per heavy atom. The number of aromatic hydroxyl groups is 1. The van der Waals surface area contributed by atoms with Gasteiger partial charge in [0.05, 0.1) is 26.4 Å². The second-order valence-electron chi connectivity index (χ2n) is 11.2. The third-order valence-electron chi connectivity index (χ3n) is 5.72. The van der Waals surface area contributed by atoms with Crippen LogP contribution in [0.5, 0.6) is 5.75 Å². The predicted octanol–water partition coefficient (Wildman–Crippen LogP) is 9.38. The number of phenols is 1. The van der Waals surface area contributed by atoms with Crippen LogP contribution in [0.1, 0.15) is 112 Å². The minimum absolute atomic E-state index is 0.0919. The molecule has 0 spiro atoms. The fraction of sp³-hybridized carbons (Fsp3) is 0.714. The summed E-state index contributed by atoms with van der Waals surface area (Å²) in [5, 5.41) is 11.1. The number of benzene rings is 1. The summed E-state index contributed by atoms with van der Waals surface area (Å²) in [6.45, 7) is 20.1. The maximum atomic E-state index is 14.4. The summed E-state index contributed by atoms with van der Waals surface area (Å²) >= 11 is 0. The first-order valence-corrected chi connectivity index (χ1v) is 16.6. The molecule has 1 aromatic rings. The molecule has 0 radical (unpaired) electrons. The van der Waals surface area contributed by atoms with Crippen LogP contribution < -0.4 is 0 Å². The van der Waals surface area contributed by atoms with Gasteiger partial charge in [-0.3, -0.25) is 9.13 Å². The Morgan fingerprint density at radius 3 is 1.46 bits per heavy atom. The lowest BCUT2D eigenvalue weighted by Gasteiger charge is -2.29. The quantitative estimate of drug-likeness (QED) is 0.169. The summed E-state index contributed by atoms with van der Waals surface area (Å²) in [6.07, 6.45) is 4.58. The Morgan fingerprint density at radius 1 is 0.757 bits per heavy atom. The van der Waals surface area contributed by atoms with E-state index in [4.69, 9.17) is 18.1 Å². The Kier molecular flexibility index (Phi) is 13.3. The molecule has 0 aliphatic heterocycles. The fourth-order valence-electron chi connectivity index (χ4n) is 3.68. The maximum absolute atomic E-state index is 14.4. The van der Waals surface area contributed by atoms with Crippen molar-refractivity contribution in [3.63, 3.8) is 0 Å². The van der Waals surface area contributed by atoms with Crippen LogP contribution in [0.25, 0.3) is 6.08 Å². The Balaban J connectivity index is 4.03. The summed E-state index contributed by atoms with van der Waals surface area (Å²) in [5.74, 6) is 0.220. The van der Waals surface area contributed by atoms with Crippen LogP contribution in [-0.2, 0) is 38.1 Å². The first kappa shape index (κ1) is 34.1. The smallest absolute Gasteiger partial charge is 0.369 e. The molecule has 1 aromatic carbocycles. The molecule has 0 aliphatic rings. The van der Waals surface area contributed by atoms with E-state index in [9.17, 15) is 14.2 Å². The maximum Gasteiger partial charge on any atom is 0.369 e. The zero-order valence-corrected chi connectivity index (χ0v) is 26.5. The molecule has 0 unspecified atom stereocenters. The fourth-order valence-corrected chi connectivity index (χ4v) is 8.28. The average Bonchev–Trinajstić information content (AvgIpc) is 2.77. The minimum Gasteiger partial charge on any atom is -0.507 e. The first-order valence-electron chi connectivity index (χ1n) is 13.5. The molecule has 0 bridgehead atoms. The van der Waals surface area contributed by atoms with E-state index in [-0.39, 0.29) is 48.1 Å². The van der Waals surface area contributed by atoms with E-state index in [0.717, 1.165) is 24.0 Å². The molecule has 0 fully saturated rings. The number of hydrogen-bond donors (Lipinski definition) is 1. The molecule has 0 amide bonds. The van der Waals surface area contributed by atoms with E-state index in [1.807, 2.05) is 67.5 Å². The van der Waals surface area contributed by atoms with Gasteiger partial charge in [0.15, 0.2) is 5.06 Å². The summed E-state index contributed by atoms with van der Waals surface area (Å²) in [6, 6.07) is 3.66. The van der Waals surface area contributed by atoms with Crippen LogP contribution in [0.2, 0.25) is 0 Å². The molecule has 9 heteroatoms. The van der Waals surface area contributed by atoms with Crippen molar-refractivity contribution in [1.82, 2.24) is 0 Å². The molecule has 214 valence electrons. The third-order valence-corrected chi connectivity index (χ3v) is 10.8. The van der Waals surface area contributed by atoms with Gasteiger partial charge in [0.1, 0.15) is 5.75 Å². The van der Waals surface area contributed by atoms with E-state index >= 15 is 0 Å². The van der Waals surface area contributed by atoms with Crippen molar-refractivity contribution in [3.8, 4) is 5.75 Å².